The van der Waals surface area contributed by atoms with Crippen LogP contribution in [0.5, 0.6) is 11.5 Å². The minimum Gasteiger partial charge on any atom is -0.494 e. The van der Waals surface area contributed by atoms with Crippen LogP contribution in [-0.4, -0.2) is 18.5 Å². The van der Waals surface area contributed by atoms with Crippen LogP contribution >= 0.6 is 0 Å². The van der Waals surface area contributed by atoms with Crippen molar-refractivity contribution in [2.75, 3.05) is 7.11 Å². The van der Waals surface area contributed by atoms with Gasteiger partial charge in [-0.2, -0.15) is 13.2 Å². The lowest BCUT2D eigenvalue weighted by atomic mass is 10.0. The first-order chi connectivity index (χ1) is 10.6. The quantitative estimate of drug-likeness (QED) is 0.763. The molecule has 0 aliphatic carbocycles. The fourth-order valence-electron chi connectivity index (χ4n) is 1.97. The molecule has 2 rings (SSSR count). The molecule has 0 saturated heterocycles. The minimum atomic E-state index is -4.98. The number of nitrogens with zero attached hydrogens (tertiary/aromatic N) is 1. The number of rotatable bonds is 3. The summed E-state index contributed by atoms with van der Waals surface area (Å²) in [7, 11) is 0.975. The highest BCUT2D eigenvalue weighted by Crippen LogP contribution is 2.43. The fourth-order valence-corrected chi connectivity index (χ4v) is 1.97. The van der Waals surface area contributed by atoms with E-state index in [1.807, 2.05) is 0 Å². The topological polar surface area (TPSA) is 31.4 Å². The molecule has 1 aromatic heterocycles. The van der Waals surface area contributed by atoms with Gasteiger partial charge in [-0.25, -0.2) is 4.98 Å². The molecule has 0 saturated carbocycles. The third-order valence-electron chi connectivity index (χ3n) is 2.78. The Hall–Kier alpha value is -2.45. The van der Waals surface area contributed by atoms with Crippen LogP contribution < -0.4 is 9.47 Å². The summed E-state index contributed by atoms with van der Waals surface area (Å²) >= 11 is 0. The van der Waals surface area contributed by atoms with Gasteiger partial charge in [-0.05, 0) is 12.1 Å². The highest BCUT2D eigenvalue weighted by Gasteiger charge is 2.38. The average molecular weight is 337 g/mol. The van der Waals surface area contributed by atoms with Gasteiger partial charge >= 0.3 is 12.5 Å². The fraction of sp³-hybridized carbons (Fsp3) is 0.214. The van der Waals surface area contributed by atoms with Crippen molar-refractivity contribution in [3.8, 4) is 22.6 Å². The summed E-state index contributed by atoms with van der Waals surface area (Å²) in [6.07, 6.45) is -8.96. The monoisotopic (exact) mass is 337 g/mol. The second-order valence-corrected chi connectivity index (χ2v) is 4.28. The smallest absolute Gasteiger partial charge is 0.494 e. The van der Waals surface area contributed by atoms with Crippen LogP contribution in [0.25, 0.3) is 11.1 Å². The first-order valence-electron chi connectivity index (χ1n) is 6.09. The zero-order valence-corrected chi connectivity index (χ0v) is 11.5. The molecule has 0 fully saturated rings. The van der Waals surface area contributed by atoms with E-state index in [4.69, 9.17) is 4.74 Å². The number of benzene rings is 1. The summed E-state index contributed by atoms with van der Waals surface area (Å²) in [6.45, 7) is 0. The molecular weight excluding hydrogens is 328 g/mol. The van der Waals surface area contributed by atoms with Gasteiger partial charge in [-0.1, -0.05) is 18.2 Å². The van der Waals surface area contributed by atoms with E-state index in [2.05, 4.69) is 9.72 Å². The number of hydrogen-bond acceptors (Lipinski definition) is 3. The number of alkyl halides is 6. The van der Waals surface area contributed by atoms with E-state index in [0.717, 1.165) is 25.4 Å². The Balaban J connectivity index is 2.64. The molecule has 0 amide bonds. The lowest BCUT2D eigenvalue weighted by Crippen LogP contribution is -2.17. The predicted molar refractivity (Wildman–Crippen MR) is 67.9 cm³/mol. The largest absolute Gasteiger partial charge is 0.573 e. The van der Waals surface area contributed by atoms with Crippen molar-refractivity contribution in [2.45, 2.75) is 12.5 Å². The number of pyridine rings is 1. The van der Waals surface area contributed by atoms with E-state index in [9.17, 15) is 26.3 Å². The third-order valence-corrected chi connectivity index (χ3v) is 2.78. The highest BCUT2D eigenvalue weighted by molar-refractivity contribution is 5.76. The van der Waals surface area contributed by atoms with Gasteiger partial charge < -0.3 is 9.47 Å². The molecular formula is C14H9F6NO2. The molecule has 0 aliphatic rings. The van der Waals surface area contributed by atoms with Crippen molar-refractivity contribution in [1.29, 1.82) is 0 Å². The SMILES string of the molecule is COc1c(-c2ccccc2OC(F)(F)F)ccnc1C(F)(F)F. The van der Waals surface area contributed by atoms with Gasteiger partial charge in [0.25, 0.3) is 0 Å². The number of para-hydroxylation sites is 1. The molecule has 3 nitrogen and oxygen atoms in total. The minimum absolute atomic E-state index is 0.199. The first-order valence-corrected chi connectivity index (χ1v) is 6.09. The van der Waals surface area contributed by atoms with Crippen LogP contribution in [0, 0.1) is 0 Å². The summed E-state index contributed by atoms with van der Waals surface area (Å²) in [5.41, 5.74) is -1.75. The maximum Gasteiger partial charge on any atom is 0.573 e. The van der Waals surface area contributed by atoms with Gasteiger partial charge in [0.15, 0.2) is 11.4 Å². The second-order valence-electron chi connectivity index (χ2n) is 4.28. The van der Waals surface area contributed by atoms with Crippen LogP contribution in [0.15, 0.2) is 36.5 Å². The Bertz CT molecular complexity index is 696. The van der Waals surface area contributed by atoms with Crippen LogP contribution in [0.2, 0.25) is 0 Å². The zero-order chi connectivity index (χ0) is 17.3. The van der Waals surface area contributed by atoms with Crippen LogP contribution in [0.1, 0.15) is 5.69 Å². The molecule has 0 radical (unpaired) electrons. The van der Waals surface area contributed by atoms with E-state index < -0.39 is 29.7 Å². The molecule has 0 spiro atoms. The van der Waals surface area contributed by atoms with Crippen molar-refractivity contribution in [3.05, 3.63) is 42.2 Å². The van der Waals surface area contributed by atoms with Gasteiger partial charge in [0.1, 0.15) is 5.75 Å². The first kappa shape index (κ1) is 16.9. The zero-order valence-electron chi connectivity index (χ0n) is 11.5. The molecule has 0 bridgehead atoms. The lowest BCUT2D eigenvalue weighted by Gasteiger charge is -2.17. The third kappa shape index (κ3) is 3.85. The Morgan fingerprint density at radius 2 is 1.57 bits per heavy atom. The molecule has 1 aromatic carbocycles. The number of halogens is 6. The number of ether oxygens (including phenoxy) is 2. The maximum atomic E-state index is 12.9. The maximum absolute atomic E-state index is 12.9. The Kier molecular flexibility index (Phi) is 4.39. The van der Waals surface area contributed by atoms with E-state index in [1.165, 1.54) is 18.2 Å². The molecule has 124 valence electrons. The van der Waals surface area contributed by atoms with E-state index >= 15 is 0 Å². The molecule has 23 heavy (non-hydrogen) atoms. The number of hydrogen-bond donors (Lipinski definition) is 0. The number of aromatic nitrogens is 1. The molecule has 9 heteroatoms. The molecule has 0 atom stereocenters. The predicted octanol–water partition coefficient (Wildman–Crippen LogP) is 4.67. The van der Waals surface area contributed by atoms with E-state index in [-0.39, 0.29) is 11.1 Å². The van der Waals surface area contributed by atoms with Crippen LogP contribution in [0.4, 0.5) is 26.3 Å². The second kappa shape index (κ2) is 5.98. The van der Waals surface area contributed by atoms with E-state index in [1.54, 1.807) is 0 Å². The molecule has 2 aromatic rings. The highest BCUT2D eigenvalue weighted by atomic mass is 19.4. The van der Waals surface area contributed by atoms with Gasteiger partial charge in [-0.15, -0.1) is 13.2 Å². The normalized spacial score (nSPS) is 12.1. The standard InChI is InChI=1S/C14H9F6NO2/c1-22-11-9(6-7-21-12(11)13(15,16)17)8-4-2-3-5-10(8)23-14(18,19)20/h2-7H,1H3. The summed E-state index contributed by atoms with van der Waals surface area (Å²) in [6, 6.07) is 5.94. The van der Waals surface area contributed by atoms with Gasteiger partial charge in [-0.3, -0.25) is 0 Å². The lowest BCUT2D eigenvalue weighted by molar-refractivity contribution is -0.274. The summed E-state index contributed by atoms with van der Waals surface area (Å²) in [5, 5.41) is 0. The number of methoxy groups -OCH3 is 1. The summed E-state index contributed by atoms with van der Waals surface area (Å²) < 4.78 is 84.8. The van der Waals surface area contributed by atoms with Crippen molar-refractivity contribution in [3.63, 3.8) is 0 Å². The molecule has 1 heterocycles. The molecule has 0 aliphatic heterocycles. The van der Waals surface area contributed by atoms with E-state index in [0.29, 0.717) is 0 Å². The summed E-state index contributed by atoms with van der Waals surface area (Å²) in [5.74, 6) is -1.32. The van der Waals surface area contributed by atoms with Crippen LogP contribution in [0.3, 0.4) is 0 Å². The Morgan fingerprint density at radius 3 is 2.13 bits per heavy atom. The van der Waals surface area contributed by atoms with Crippen molar-refractivity contribution >= 4 is 0 Å². The Morgan fingerprint density at radius 1 is 0.913 bits per heavy atom. The van der Waals surface area contributed by atoms with Crippen molar-refractivity contribution in [2.24, 2.45) is 0 Å². The van der Waals surface area contributed by atoms with Gasteiger partial charge in [0.2, 0.25) is 0 Å². The van der Waals surface area contributed by atoms with Crippen LogP contribution in [-0.2, 0) is 6.18 Å². The van der Waals surface area contributed by atoms with Crippen molar-refractivity contribution < 1.29 is 35.8 Å². The Labute approximate surface area is 126 Å². The van der Waals surface area contributed by atoms with Gasteiger partial charge in [0, 0.05) is 17.3 Å². The molecule has 0 N–H and O–H groups in total. The summed E-state index contributed by atoms with van der Waals surface area (Å²) in [4.78, 5) is 3.20. The average Bonchev–Trinajstić information content (AvgIpc) is 2.44. The van der Waals surface area contributed by atoms with Gasteiger partial charge in [0.05, 0.1) is 7.11 Å². The molecule has 0 unspecified atom stereocenters. The van der Waals surface area contributed by atoms with Crippen molar-refractivity contribution in [1.82, 2.24) is 4.98 Å².